The van der Waals surface area contributed by atoms with Crippen LogP contribution in [0.3, 0.4) is 0 Å². The summed E-state index contributed by atoms with van der Waals surface area (Å²) in [7, 11) is -3.77. The summed E-state index contributed by atoms with van der Waals surface area (Å²) in [4.78, 5) is 15.3. The van der Waals surface area contributed by atoms with Crippen LogP contribution in [0.2, 0.25) is 0 Å². The second kappa shape index (κ2) is 6.73. The van der Waals surface area contributed by atoms with Crippen molar-refractivity contribution in [3.63, 3.8) is 0 Å². The first-order chi connectivity index (χ1) is 11.5. The van der Waals surface area contributed by atoms with E-state index in [9.17, 15) is 13.2 Å². The summed E-state index contributed by atoms with van der Waals surface area (Å²) in [5, 5.41) is 10.7. The SMILES string of the molecule is N#Cc1ccc(S(=O)(=O)NCC(=O)N2CCc3sccc3C2)cc1. The third-order valence-corrected chi connectivity index (χ3v) is 6.31. The van der Waals surface area contributed by atoms with Crippen molar-refractivity contribution >= 4 is 27.3 Å². The van der Waals surface area contributed by atoms with Gasteiger partial charge in [0.1, 0.15) is 0 Å². The van der Waals surface area contributed by atoms with Gasteiger partial charge in [-0.3, -0.25) is 4.79 Å². The predicted molar refractivity (Wildman–Crippen MR) is 89.8 cm³/mol. The fourth-order valence-corrected chi connectivity index (χ4v) is 4.39. The second-order valence-corrected chi connectivity index (χ2v) is 8.16. The van der Waals surface area contributed by atoms with Crippen molar-refractivity contribution in [1.82, 2.24) is 9.62 Å². The maximum atomic E-state index is 12.3. The van der Waals surface area contributed by atoms with E-state index in [0.717, 1.165) is 12.0 Å². The Bertz CT molecular complexity index is 895. The Morgan fingerprint density at radius 2 is 2.04 bits per heavy atom. The molecule has 1 aromatic carbocycles. The Hall–Kier alpha value is -2.21. The van der Waals surface area contributed by atoms with Gasteiger partial charge < -0.3 is 4.90 Å². The Morgan fingerprint density at radius 3 is 2.75 bits per heavy atom. The highest BCUT2D eigenvalue weighted by Crippen LogP contribution is 2.23. The zero-order valence-electron chi connectivity index (χ0n) is 12.7. The molecule has 8 heteroatoms. The monoisotopic (exact) mass is 361 g/mol. The molecule has 0 atom stereocenters. The van der Waals surface area contributed by atoms with Crippen LogP contribution in [-0.4, -0.2) is 32.3 Å². The molecule has 1 aromatic heterocycles. The molecule has 1 aliphatic heterocycles. The van der Waals surface area contributed by atoms with Gasteiger partial charge in [-0.25, -0.2) is 13.1 Å². The standard InChI is InChI=1S/C16H15N3O3S2/c17-9-12-1-3-14(4-2-12)24(21,22)18-10-16(20)19-7-5-15-13(11-19)6-8-23-15/h1-4,6,8,18H,5,7,10-11H2. The third kappa shape index (κ3) is 3.48. The molecule has 0 spiro atoms. The highest BCUT2D eigenvalue weighted by molar-refractivity contribution is 7.89. The number of rotatable bonds is 4. The number of fused-ring (bicyclic) bond motifs is 1. The zero-order valence-corrected chi connectivity index (χ0v) is 14.4. The average Bonchev–Trinajstić information content (AvgIpc) is 3.07. The van der Waals surface area contributed by atoms with Gasteiger partial charge in [0, 0.05) is 18.0 Å². The minimum Gasteiger partial charge on any atom is -0.337 e. The van der Waals surface area contributed by atoms with Crippen LogP contribution in [0.25, 0.3) is 0 Å². The summed E-state index contributed by atoms with van der Waals surface area (Å²) in [6, 6.07) is 9.49. The molecule has 1 N–H and O–H groups in total. The number of benzene rings is 1. The number of hydrogen-bond acceptors (Lipinski definition) is 5. The predicted octanol–water partition coefficient (Wildman–Crippen LogP) is 1.48. The van der Waals surface area contributed by atoms with E-state index in [4.69, 9.17) is 5.26 Å². The van der Waals surface area contributed by atoms with E-state index in [1.807, 2.05) is 17.5 Å². The first-order valence-corrected chi connectivity index (χ1v) is 9.69. The average molecular weight is 361 g/mol. The first-order valence-electron chi connectivity index (χ1n) is 7.32. The van der Waals surface area contributed by atoms with Gasteiger partial charge in [0.05, 0.1) is 23.1 Å². The Kier molecular flexibility index (Phi) is 4.66. The van der Waals surface area contributed by atoms with Gasteiger partial charge in [-0.05, 0) is 47.7 Å². The van der Waals surface area contributed by atoms with Crippen molar-refractivity contribution in [1.29, 1.82) is 5.26 Å². The molecule has 6 nitrogen and oxygen atoms in total. The highest BCUT2D eigenvalue weighted by Gasteiger charge is 2.23. The molecule has 2 heterocycles. The molecule has 0 saturated heterocycles. The normalized spacial score (nSPS) is 14.0. The van der Waals surface area contributed by atoms with Gasteiger partial charge in [0.25, 0.3) is 0 Å². The van der Waals surface area contributed by atoms with Crippen LogP contribution >= 0.6 is 11.3 Å². The molecule has 0 radical (unpaired) electrons. The molecule has 1 amide bonds. The molecule has 0 fully saturated rings. The van der Waals surface area contributed by atoms with E-state index in [1.165, 1.54) is 29.1 Å². The zero-order chi connectivity index (χ0) is 17.2. The topological polar surface area (TPSA) is 90.3 Å². The Balaban J connectivity index is 1.62. The quantitative estimate of drug-likeness (QED) is 0.893. The molecule has 1 aliphatic rings. The third-order valence-electron chi connectivity index (χ3n) is 3.87. The number of nitrogens with one attached hydrogen (secondary N) is 1. The Morgan fingerprint density at radius 1 is 1.29 bits per heavy atom. The van der Waals surface area contributed by atoms with Gasteiger partial charge in [0.15, 0.2) is 0 Å². The van der Waals surface area contributed by atoms with E-state index in [-0.39, 0.29) is 17.3 Å². The number of carbonyl (C=O) groups excluding carboxylic acids is 1. The minimum atomic E-state index is -3.77. The van der Waals surface area contributed by atoms with Crippen LogP contribution in [0, 0.1) is 11.3 Å². The molecule has 124 valence electrons. The Labute approximate surface area is 144 Å². The van der Waals surface area contributed by atoms with Gasteiger partial charge >= 0.3 is 0 Å². The summed E-state index contributed by atoms with van der Waals surface area (Å²) in [6.45, 7) is 0.850. The van der Waals surface area contributed by atoms with Gasteiger partial charge in [-0.2, -0.15) is 5.26 Å². The highest BCUT2D eigenvalue weighted by atomic mass is 32.2. The molecule has 3 rings (SSSR count). The molecule has 0 unspecified atom stereocenters. The van der Waals surface area contributed by atoms with Crippen molar-refractivity contribution in [2.45, 2.75) is 17.9 Å². The molecule has 0 aliphatic carbocycles. The van der Waals surface area contributed by atoms with Gasteiger partial charge in [-0.1, -0.05) is 0 Å². The van der Waals surface area contributed by atoms with Crippen molar-refractivity contribution < 1.29 is 13.2 Å². The fourth-order valence-electron chi connectivity index (χ4n) is 2.52. The molecule has 2 aromatic rings. The summed E-state index contributed by atoms with van der Waals surface area (Å²) < 4.78 is 26.8. The number of carbonyl (C=O) groups is 1. The summed E-state index contributed by atoms with van der Waals surface area (Å²) in [5.41, 5.74) is 1.51. The second-order valence-electron chi connectivity index (χ2n) is 5.40. The smallest absolute Gasteiger partial charge is 0.241 e. The van der Waals surface area contributed by atoms with Crippen LogP contribution in [0.15, 0.2) is 40.6 Å². The lowest BCUT2D eigenvalue weighted by atomic mass is 10.1. The molecule has 24 heavy (non-hydrogen) atoms. The van der Waals surface area contributed by atoms with E-state index in [0.29, 0.717) is 18.7 Å². The lowest BCUT2D eigenvalue weighted by molar-refractivity contribution is -0.130. The van der Waals surface area contributed by atoms with Crippen molar-refractivity contribution in [2.24, 2.45) is 0 Å². The number of hydrogen-bond donors (Lipinski definition) is 1. The molecule has 0 saturated carbocycles. The lowest BCUT2D eigenvalue weighted by Gasteiger charge is -2.27. The van der Waals surface area contributed by atoms with Crippen LogP contribution in [0.4, 0.5) is 0 Å². The summed E-state index contributed by atoms with van der Waals surface area (Å²) in [5.74, 6) is -0.246. The number of nitrogens with zero attached hydrogens (tertiary/aromatic N) is 2. The minimum absolute atomic E-state index is 0.0352. The fraction of sp³-hybridized carbons (Fsp3) is 0.250. The molecular weight excluding hydrogens is 346 g/mol. The van der Waals surface area contributed by atoms with E-state index >= 15 is 0 Å². The first kappa shape index (κ1) is 16.6. The van der Waals surface area contributed by atoms with Gasteiger partial charge in [0.2, 0.25) is 15.9 Å². The van der Waals surface area contributed by atoms with E-state index in [2.05, 4.69) is 4.72 Å². The van der Waals surface area contributed by atoms with Crippen LogP contribution in [0.5, 0.6) is 0 Å². The van der Waals surface area contributed by atoms with Crippen LogP contribution in [0.1, 0.15) is 16.0 Å². The molecular formula is C16H15N3O3S2. The van der Waals surface area contributed by atoms with Crippen LogP contribution < -0.4 is 4.72 Å². The van der Waals surface area contributed by atoms with Crippen molar-refractivity contribution in [3.8, 4) is 6.07 Å². The van der Waals surface area contributed by atoms with E-state index < -0.39 is 10.0 Å². The number of amides is 1. The van der Waals surface area contributed by atoms with Crippen molar-refractivity contribution in [3.05, 3.63) is 51.7 Å². The van der Waals surface area contributed by atoms with Crippen molar-refractivity contribution in [2.75, 3.05) is 13.1 Å². The largest absolute Gasteiger partial charge is 0.337 e. The lowest BCUT2D eigenvalue weighted by Crippen LogP contribution is -2.42. The maximum Gasteiger partial charge on any atom is 0.241 e. The molecule has 0 bridgehead atoms. The maximum absolute atomic E-state index is 12.3. The number of sulfonamides is 1. The number of nitriles is 1. The van der Waals surface area contributed by atoms with Crippen LogP contribution in [-0.2, 0) is 27.8 Å². The van der Waals surface area contributed by atoms with Gasteiger partial charge in [-0.15, -0.1) is 11.3 Å². The summed E-state index contributed by atoms with van der Waals surface area (Å²) in [6.07, 6.45) is 0.807. The number of thiophene rings is 1. The summed E-state index contributed by atoms with van der Waals surface area (Å²) >= 11 is 1.68. The van der Waals surface area contributed by atoms with E-state index in [1.54, 1.807) is 16.2 Å².